The molecule has 0 aliphatic heterocycles. The quantitative estimate of drug-likeness (QED) is 0.392. The monoisotopic (exact) mass is 448 g/mol. The fraction of sp³-hybridized carbons (Fsp3) is 0.769. The van der Waals surface area contributed by atoms with Gasteiger partial charge in [0.15, 0.2) is 0 Å². The van der Waals surface area contributed by atoms with E-state index in [1.54, 1.807) is 27.7 Å². The van der Waals surface area contributed by atoms with E-state index in [1.165, 1.54) is 0 Å². The first kappa shape index (κ1) is 26.3. The van der Waals surface area contributed by atoms with Gasteiger partial charge >= 0.3 is 11.9 Å². The minimum atomic E-state index is -0.804. The van der Waals surface area contributed by atoms with E-state index in [2.05, 4.69) is 0 Å². The van der Waals surface area contributed by atoms with Crippen molar-refractivity contribution in [3.05, 3.63) is 12.2 Å². The Hall–Kier alpha value is -1.98. The highest BCUT2D eigenvalue weighted by atomic mass is 16.4. The SMILES string of the molecule is CC(C)(CCCC1CCC(/C=C/C2CCC(CCCC(C)(C)C(=O)O)C2=O)C1=O)C(=O)O. The lowest BCUT2D eigenvalue weighted by Crippen LogP contribution is -2.24. The maximum Gasteiger partial charge on any atom is 0.309 e. The van der Waals surface area contributed by atoms with Gasteiger partial charge in [-0.1, -0.05) is 25.0 Å². The highest BCUT2D eigenvalue weighted by Crippen LogP contribution is 2.36. The van der Waals surface area contributed by atoms with Gasteiger partial charge in [0.25, 0.3) is 0 Å². The summed E-state index contributed by atoms with van der Waals surface area (Å²) in [4.78, 5) is 47.9. The summed E-state index contributed by atoms with van der Waals surface area (Å²) < 4.78 is 0. The summed E-state index contributed by atoms with van der Waals surface area (Å²) in [6.07, 6.45) is 11.2. The summed E-state index contributed by atoms with van der Waals surface area (Å²) in [5.41, 5.74) is -1.52. The van der Waals surface area contributed by atoms with Crippen LogP contribution in [0.1, 0.15) is 91.9 Å². The second kappa shape index (κ2) is 10.8. The Labute approximate surface area is 191 Å². The molecule has 2 N–H and O–H groups in total. The Morgan fingerprint density at radius 2 is 1.09 bits per heavy atom. The largest absolute Gasteiger partial charge is 0.481 e. The number of Topliss-reactive ketones (excluding diaryl/α,β-unsaturated/α-hetero) is 2. The first-order valence-electron chi connectivity index (χ1n) is 12.1. The van der Waals surface area contributed by atoms with Gasteiger partial charge in [-0.2, -0.15) is 0 Å². The smallest absolute Gasteiger partial charge is 0.309 e. The number of allylic oxidation sites excluding steroid dienone is 2. The van der Waals surface area contributed by atoms with E-state index in [0.717, 1.165) is 51.4 Å². The molecule has 6 heteroatoms. The van der Waals surface area contributed by atoms with Crippen LogP contribution in [0.25, 0.3) is 0 Å². The van der Waals surface area contributed by atoms with E-state index in [4.69, 9.17) is 0 Å². The van der Waals surface area contributed by atoms with Gasteiger partial charge < -0.3 is 10.2 Å². The third kappa shape index (κ3) is 6.76. The van der Waals surface area contributed by atoms with Gasteiger partial charge in [-0.25, -0.2) is 0 Å². The number of carboxylic acid groups (broad SMARTS) is 2. The molecule has 0 aromatic carbocycles. The van der Waals surface area contributed by atoms with Gasteiger partial charge in [-0.15, -0.1) is 0 Å². The van der Waals surface area contributed by atoms with Crippen molar-refractivity contribution in [2.75, 3.05) is 0 Å². The molecule has 0 amide bonds. The normalized spacial score (nSPS) is 26.9. The van der Waals surface area contributed by atoms with E-state index in [-0.39, 0.29) is 35.2 Å². The van der Waals surface area contributed by atoms with Crippen LogP contribution in [0.4, 0.5) is 0 Å². The van der Waals surface area contributed by atoms with E-state index in [0.29, 0.717) is 12.8 Å². The maximum atomic E-state index is 12.7. The van der Waals surface area contributed by atoms with Gasteiger partial charge in [-0.05, 0) is 79.1 Å². The summed E-state index contributed by atoms with van der Waals surface area (Å²) in [6, 6.07) is 0. The molecule has 6 nitrogen and oxygen atoms in total. The van der Waals surface area contributed by atoms with Gasteiger partial charge in [0, 0.05) is 23.7 Å². The number of hydrogen-bond donors (Lipinski definition) is 2. The first-order valence-corrected chi connectivity index (χ1v) is 12.1. The van der Waals surface area contributed by atoms with Crippen LogP contribution in [0.2, 0.25) is 0 Å². The number of carbonyl (C=O) groups is 4. The van der Waals surface area contributed by atoms with Gasteiger partial charge in [-0.3, -0.25) is 19.2 Å². The molecule has 2 saturated carbocycles. The Bertz CT molecular complexity index is 685. The molecule has 0 saturated heterocycles. The fourth-order valence-corrected chi connectivity index (χ4v) is 4.95. The van der Waals surface area contributed by atoms with Crippen molar-refractivity contribution in [2.45, 2.75) is 91.9 Å². The molecule has 32 heavy (non-hydrogen) atoms. The van der Waals surface area contributed by atoms with E-state index in [9.17, 15) is 29.4 Å². The average molecular weight is 449 g/mol. The molecule has 0 bridgehead atoms. The van der Waals surface area contributed by atoms with Gasteiger partial charge in [0.05, 0.1) is 10.8 Å². The molecule has 2 fully saturated rings. The zero-order valence-electron chi connectivity index (χ0n) is 20.1. The lowest BCUT2D eigenvalue weighted by Gasteiger charge is -2.19. The third-order valence-corrected chi connectivity index (χ3v) is 7.63. The highest BCUT2D eigenvalue weighted by molar-refractivity contribution is 5.88. The molecule has 4 unspecified atom stereocenters. The summed E-state index contributed by atoms with van der Waals surface area (Å²) in [7, 11) is 0. The first-order chi connectivity index (χ1) is 14.8. The van der Waals surface area contributed by atoms with Crippen LogP contribution in [0.15, 0.2) is 12.2 Å². The van der Waals surface area contributed by atoms with Crippen LogP contribution in [0.3, 0.4) is 0 Å². The number of rotatable bonds is 12. The minimum Gasteiger partial charge on any atom is -0.481 e. The van der Waals surface area contributed by atoms with E-state index in [1.807, 2.05) is 12.2 Å². The van der Waals surface area contributed by atoms with Crippen molar-refractivity contribution >= 4 is 23.5 Å². The van der Waals surface area contributed by atoms with Gasteiger partial charge in [0.1, 0.15) is 11.6 Å². The fourth-order valence-electron chi connectivity index (χ4n) is 4.95. The Kier molecular flexibility index (Phi) is 8.83. The Morgan fingerprint density at radius 1 is 0.750 bits per heavy atom. The van der Waals surface area contributed by atoms with Crippen LogP contribution in [0, 0.1) is 34.5 Å². The van der Waals surface area contributed by atoms with Crippen LogP contribution in [-0.4, -0.2) is 33.7 Å². The van der Waals surface area contributed by atoms with E-state index >= 15 is 0 Å². The van der Waals surface area contributed by atoms with Crippen LogP contribution in [0.5, 0.6) is 0 Å². The van der Waals surface area contributed by atoms with Crippen molar-refractivity contribution < 1.29 is 29.4 Å². The molecule has 0 aromatic heterocycles. The van der Waals surface area contributed by atoms with Crippen molar-refractivity contribution in [3.63, 3.8) is 0 Å². The second-order valence-electron chi connectivity index (χ2n) is 11.1. The van der Waals surface area contributed by atoms with Crippen LogP contribution >= 0.6 is 0 Å². The molecular weight excluding hydrogens is 408 g/mol. The summed E-state index contributed by atoms with van der Waals surface area (Å²) in [6.45, 7) is 6.87. The molecule has 2 aliphatic rings. The predicted octanol–water partition coefficient (Wildman–Crippen LogP) is 5.30. The molecule has 180 valence electrons. The Balaban J connectivity index is 1.77. The lowest BCUT2D eigenvalue weighted by molar-refractivity contribution is -0.148. The summed E-state index contributed by atoms with van der Waals surface area (Å²) in [5, 5.41) is 18.4. The van der Waals surface area contributed by atoms with Crippen molar-refractivity contribution in [2.24, 2.45) is 34.5 Å². The molecule has 0 aromatic rings. The number of hydrogen-bond acceptors (Lipinski definition) is 4. The van der Waals surface area contributed by atoms with Gasteiger partial charge in [0.2, 0.25) is 0 Å². The molecule has 2 rings (SSSR count). The zero-order valence-corrected chi connectivity index (χ0v) is 20.1. The Morgan fingerprint density at radius 3 is 1.41 bits per heavy atom. The molecule has 0 spiro atoms. The van der Waals surface area contributed by atoms with Crippen LogP contribution < -0.4 is 0 Å². The van der Waals surface area contributed by atoms with Crippen molar-refractivity contribution in [1.29, 1.82) is 0 Å². The molecule has 0 heterocycles. The highest BCUT2D eigenvalue weighted by Gasteiger charge is 2.36. The van der Waals surface area contributed by atoms with E-state index < -0.39 is 22.8 Å². The number of aliphatic carboxylic acids is 2. The molecular formula is C26H40O6. The predicted molar refractivity (Wildman–Crippen MR) is 122 cm³/mol. The maximum absolute atomic E-state index is 12.7. The number of carbonyl (C=O) groups excluding carboxylic acids is 2. The molecule has 0 radical (unpaired) electrons. The molecule has 4 atom stereocenters. The minimum absolute atomic E-state index is 0.00105. The molecule has 2 aliphatic carbocycles. The topological polar surface area (TPSA) is 109 Å². The lowest BCUT2D eigenvalue weighted by atomic mass is 9.85. The summed E-state index contributed by atoms with van der Waals surface area (Å²) in [5.74, 6) is -1.41. The zero-order chi connectivity index (χ0) is 24.1. The number of ketones is 2. The van der Waals surface area contributed by atoms with Crippen molar-refractivity contribution in [3.8, 4) is 0 Å². The standard InChI is InChI=1S/C26H40O6/c1-25(2,23(29)30)15-5-7-17-9-11-19(21(17)27)13-14-20-12-10-18(22(20)28)8-6-16-26(3,4)24(31)32/h13-14,17-20H,5-12,15-16H2,1-4H3,(H,29,30)(H,31,32)/b14-13+. The number of carboxylic acids is 2. The van der Waals surface area contributed by atoms with Crippen molar-refractivity contribution in [1.82, 2.24) is 0 Å². The summed E-state index contributed by atoms with van der Waals surface area (Å²) >= 11 is 0. The van der Waals surface area contributed by atoms with Crippen LogP contribution in [-0.2, 0) is 19.2 Å². The average Bonchev–Trinajstić information content (AvgIpc) is 3.22. The second-order valence-corrected chi connectivity index (χ2v) is 11.1. The third-order valence-electron chi connectivity index (χ3n) is 7.63.